The Morgan fingerprint density at radius 1 is 1.13 bits per heavy atom. The third-order valence-electron chi connectivity index (χ3n) is 11.0. The molecule has 0 bridgehead atoms. The SMILES string of the molecule is C=C(C)[C@H](CC)CC[C@@H](C)[C@H]1CC[C@H]2C3=CCC4CCCC(O)[C@]4(C)[C@H]3CC[C@]12C. The van der Waals surface area contributed by atoms with Gasteiger partial charge < -0.3 is 5.11 Å². The Labute approximate surface area is 186 Å². The van der Waals surface area contributed by atoms with E-state index in [0.29, 0.717) is 23.2 Å². The molecule has 0 aromatic carbocycles. The molecule has 0 aromatic rings. The fraction of sp³-hybridized carbons (Fsp3) is 0.862. The van der Waals surface area contributed by atoms with E-state index in [2.05, 4.69) is 47.3 Å². The molecule has 9 atom stereocenters. The van der Waals surface area contributed by atoms with Gasteiger partial charge in [0.05, 0.1) is 6.10 Å². The van der Waals surface area contributed by atoms with E-state index in [4.69, 9.17) is 0 Å². The van der Waals surface area contributed by atoms with E-state index in [0.717, 1.165) is 24.2 Å². The van der Waals surface area contributed by atoms with Gasteiger partial charge in [0.1, 0.15) is 0 Å². The molecule has 170 valence electrons. The van der Waals surface area contributed by atoms with Crippen LogP contribution in [-0.4, -0.2) is 11.2 Å². The minimum Gasteiger partial charge on any atom is -0.393 e. The molecule has 0 spiro atoms. The maximum absolute atomic E-state index is 11.1. The molecule has 0 heterocycles. The third kappa shape index (κ3) is 3.46. The van der Waals surface area contributed by atoms with Crippen molar-refractivity contribution in [3.63, 3.8) is 0 Å². The highest BCUT2D eigenvalue weighted by molar-refractivity contribution is 5.28. The second-order valence-electron chi connectivity index (χ2n) is 12.3. The van der Waals surface area contributed by atoms with Crippen LogP contribution in [0.2, 0.25) is 0 Å². The molecule has 3 fully saturated rings. The fourth-order valence-corrected chi connectivity index (χ4v) is 9.01. The summed E-state index contributed by atoms with van der Waals surface area (Å²) >= 11 is 0. The van der Waals surface area contributed by atoms with Crippen molar-refractivity contribution in [3.8, 4) is 0 Å². The number of aliphatic hydroxyl groups is 1. The summed E-state index contributed by atoms with van der Waals surface area (Å²) in [5.41, 5.74) is 3.78. The molecule has 4 aliphatic rings. The first-order chi connectivity index (χ1) is 14.2. The van der Waals surface area contributed by atoms with Crippen LogP contribution < -0.4 is 0 Å². The third-order valence-corrected chi connectivity index (χ3v) is 11.0. The van der Waals surface area contributed by atoms with Gasteiger partial charge in [-0.1, -0.05) is 57.9 Å². The van der Waals surface area contributed by atoms with Gasteiger partial charge in [0.25, 0.3) is 0 Å². The van der Waals surface area contributed by atoms with E-state index in [1.807, 2.05) is 0 Å². The van der Waals surface area contributed by atoms with Crippen molar-refractivity contribution in [3.05, 3.63) is 23.8 Å². The summed E-state index contributed by atoms with van der Waals surface area (Å²) in [6.45, 7) is 16.4. The van der Waals surface area contributed by atoms with Gasteiger partial charge in [-0.05, 0) is 112 Å². The maximum Gasteiger partial charge on any atom is 0.0602 e. The lowest BCUT2D eigenvalue weighted by molar-refractivity contribution is -0.0959. The van der Waals surface area contributed by atoms with E-state index in [-0.39, 0.29) is 11.5 Å². The minimum absolute atomic E-state index is 0.0847. The molecule has 4 aliphatic carbocycles. The van der Waals surface area contributed by atoms with Gasteiger partial charge in [-0.2, -0.15) is 0 Å². The van der Waals surface area contributed by atoms with Crippen molar-refractivity contribution < 1.29 is 5.11 Å². The van der Waals surface area contributed by atoms with E-state index in [1.54, 1.807) is 5.57 Å². The number of hydrogen-bond donors (Lipinski definition) is 1. The van der Waals surface area contributed by atoms with Crippen LogP contribution in [0.5, 0.6) is 0 Å². The van der Waals surface area contributed by atoms with Crippen LogP contribution in [-0.2, 0) is 0 Å². The topological polar surface area (TPSA) is 20.2 Å². The first kappa shape index (κ1) is 22.6. The standard InChI is InChI=1S/C29H48O/c1-7-21(19(2)3)12-11-20(4)24-15-16-25-23-14-13-22-9-8-10-27(30)29(22,6)26(23)17-18-28(24,25)5/h14,20-22,24-27,30H,2,7-13,15-18H2,1,3-6H3/t20-,21-,22?,24-,25+,26+,27?,28-,29+/m1/s1. The van der Waals surface area contributed by atoms with Crippen LogP contribution >= 0.6 is 0 Å². The predicted octanol–water partition coefficient (Wildman–Crippen LogP) is 7.94. The average Bonchev–Trinajstić information content (AvgIpc) is 3.06. The maximum atomic E-state index is 11.1. The second kappa shape index (κ2) is 8.42. The largest absolute Gasteiger partial charge is 0.393 e. The monoisotopic (exact) mass is 412 g/mol. The molecule has 0 aliphatic heterocycles. The Hall–Kier alpha value is -0.560. The van der Waals surface area contributed by atoms with E-state index < -0.39 is 0 Å². The van der Waals surface area contributed by atoms with E-state index in [1.165, 1.54) is 69.8 Å². The van der Waals surface area contributed by atoms with Crippen molar-refractivity contribution in [1.29, 1.82) is 0 Å². The molecular weight excluding hydrogens is 364 g/mol. The number of aliphatic hydroxyl groups excluding tert-OH is 1. The smallest absolute Gasteiger partial charge is 0.0602 e. The number of allylic oxidation sites excluding steroid dienone is 3. The van der Waals surface area contributed by atoms with Crippen LogP contribution in [0.15, 0.2) is 23.8 Å². The molecule has 0 aromatic heterocycles. The van der Waals surface area contributed by atoms with Gasteiger partial charge in [0.2, 0.25) is 0 Å². The molecule has 0 saturated heterocycles. The molecule has 1 N–H and O–H groups in total. The van der Waals surface area contributed by atoms with Crippen LogP contribution in [0.4, 0.5) is 0 Å². The molecule has 30 heavy (non-hydrogen) atoms. The summed E-state index contributed by atoms with van der Waals surface area (Å²) in [5, 5.41) is 11.1. The van der Waals surface area contributed by atoms with Gasteiger partial charge in [0.15, 0.2) is 0 Å². The molecule has 0 amide bonds. The predicted molar refractivity (Wildman–Crippen MR) is 128 cm³/mol. The van der Waals surface area contributed by atoms with Crippen molar-refractivity contribution in [2.45, 2.75) is 111 Å². The van der Waals surface area contributed by atoms with Gasteiger partial charge in [0, 0.05) is 5.41 Å². The van der Waals surface area contributed by atoms with Crippen LogP contribution in [0.1, 0.15) is 105 Å². The lowest BCUT2D eigenvalue weighted by Crippen LogP contribution is -2.54. The Kier molecular flexibility index (Phi) is 6.35. The zero-order valence-electron chi connectivity index (χ0n) is 20.6. The first-order valence-corrected chi connectivity index (χ1v) is 13.3. The first-order valence-electron chi connectivity index (χ1n) is 13.3. The quantitative estimate of drug-likeness (QED) is 0.439. The van der Waals surface area contributed by atoms with Gasteiger partial charge >= 0.3 is 0 Å². The molecule has 2 unspecified atom stereocenters. The van der Waals surface area contributed by atoms with Gasteiger partial charge in [-0.25, -0.2) is 0 Å². The summed E-state index contributed by atoms with van der Waals surface area (Å²) in [6, 6.07) is 0. The zero-order chi connectivity index (χ0) is 21.7. The highest BCUT2D eigenvalue weighted by Crippen LogP contribution is 2.67. The number of hydrogen-bond acceptors (Lipinski definition) is 1. The van der Waals surface area contributed by atoms with Crippen LogP contribution in [0.3, 0.4) is 0 Å². The fourth-order valence-electron chi connectivity index (χ4n) is 9.01. The molecule has 4 rings (SSSR count). The lowest BCUT2D eigenvalue weighted by atomic mass is 9.47. The van der Waals surface area contributed by atoms with Crippen LogP contribution in [0.25, 0.3) is 0 Å². The molecule has 3 saturated carbocycles. The van der Waals surface area contributed by atoms with Crippen molar-refractivity contribution in [2.24, 2.45) is 46.3 Å². The summed E-state index contributed by atoms with van der Waals surface area (Å²) in [4.78, 5) is 0. The van der Waals surface area contributed by atoms with Gasteiger partial charge in [-0.15, -0.1) is 0 Å². The normalized spacial score (nSPS) is 45.0. The second-order valence-corrected chi connectivity index (χ2v) is 12.3. The van der Waals surface area contributed by atoms with Gasteiger partial charge in [-0.3, -0.25) is 0 Å². The average molecular weight is 413 g/mol. The highest BCUT2D eigenvalue weighted by atomic mass is 16.3. The van der Waals surface area contributed by atoms with Crippen molar-refractivity contribution >= 4 is 0 Å². The Morgan fingerprint density at radius 2 is 1.90 bits per heavy atom. The van der Waals surface area contributed by atoms with E-state index in [9.17, 15) is 5.11 Å². The Bertz CT molecular complexity index is 676. The zero-order valence-corrected chi connectivity index (χ0v) is 20.6. The lowest BCUT2D eigenvalue weighted by Gasteiger charge is -2.58. The number of rotatable bonds is 6. The summed E-state index contributed by atoms with van der Waals surface area (Å²) < 4.78 is 0. The Balaban J connectivity index is 1.51. The van der Waals surface area contributed by atoms with E-state index >= 15 is 0 Å². The van der Waals surface area contributed by atoms with Crippen molar-refractivity contribution in [2.75, 3.05) is 0 Å². The summed E-state index contributed by atoms with van der Waals surface area (Å²) in [5.74, 6) is 4.53. The summed E-state index contributed by atoms with van der Waals surface area (Å²) in [6.07, 6.45) is 16.8. The highest BCUT2D eigenvalue weighted by Gasteiger charge is 2.59. The van der Waals surface area contributed by atoms with Crippen LogP contribution in [0, 0.1) is 46.3 Å². The molecule has 0 radical (unpaired) electrons. The molecule has 1 heteroatoms. The molecular formula is C29H48O. The molecule has 1 nitrogen and oxygen atoms in total. The minimum atomic E-state index is -0.0847. The number of fused-ring (bicyclic) bond motifs is 5. The summed E-state index contributed by atoms with van der Waals surface area (Å²) in [7, 11) is 0. The van der Waals surface area contributed by atoms with Crippen molar-refractivity contribution in [1.82, 2.24) is 0 Å². The Morgan fingerprint density at radius 3 is 2.60 bits per heavy atom.